The lowest BCUT2D eigenvalue weighted by Crippen LogP contribution is -2.29. The van der Waals surface area contributed by atoms with Crippen LogP contribution in [0, 0.1) is 11.8 Å². The number of hydrogen-bond donors (Lipinski definition) is 1. The summed E-state index contributed by atoms with van der Waals surface area (Å²) in [6.45, 7) is 11.4. The Bertz CT molecular complexity index is 779. The van der Waals surface area contributed by atoms with E-state index in [1.807, 2.05) is 0 Å². The highest BCUT2D eigenvalue weighted by molar-refractivity contribution is 5.69. The molecule has 0 saturated heterocycles. The predicted molar refractivity (Wildman–Crippen MR) is 206 cm³/mol. The van der Waals surface area contributed by atoms with Crippen LogP contribution in [-0.2, 0) is 28.5 Å². The molecule has 0 radical (unpaired) electrons. The van der Waals surface area contributed by atoms with Crippen molar-refractivity contribution in [2.45, 2.75) is 194 Å². The summed E-state index contributed by atoms with van der Waals surface area (Å²) in [5.74, 6) is 5.54. The molecule has 0 aliphatic rings. The molecule has 50 heavy (non-hydrogen) atoms. The summed E-state index contributed by atoms with van der Waals surface area (Å²) in [5, 5.41) is 9.49. The highest BCUT2D eigenvalue weighted by Crippen LogP contribution is 2.13. The molecule has 294 valence electrons. The zero-order valence-electron chi connectivity index (χ0n) is 33.0. The fourth-order valence-corrected chi connectivity index (χ4v) is 5.76. The van der Waals surface area contributed by atoms with Gasteiger partial charge in [-0.05, 0) is 58.0 Å². The first-order valence-electron chi connectivity index (χ1n) is 20.9. The van der Waals surface area contributed by atoms with Gasteiger partial charge in [-0.1, -0.05) is 129 Å². The number of carbonyl (C=O) groups excluding carboxylic acids is 2. The van der Waals surface area contributed by atoms with E-state index in [0.717, 1.165) is 96.6 Å². The molecule has 0 amide bonds. The number of esters is 2. The molecule has 0 aromatic carbocycles. The molecule has 0 heterocycles. The highest BCUT2D eigenvalue weighted by Gasteiger charge is 2.14. The topological polar surface area (TPSA) is 94.5 Å². The van der Waals surface area contributed by atoms with Crippen LogP contribution >= 0.6 is 0 Å². The number of unbranched alkanes of at least 4 members (excludes halogenated alkanes) is 18. The van der Waals surface area contributed by atoms with Crippen molar-refractivity contribution < 1.29 is 33.6 Å². The first-order valence-corrected chi connectivity index (χ1v) is 20.9. The summed E-state index contributed by atoms with van der Waals surface area (Å²) < 4.78 is 22.8. The Morgan fingerprint density at radius 1 is 0.540 bits per heavy atom. The van der Waals surface area contributed by atoms with Crippen LogP contribution < -0.4 is 0 Å². The normalized spacial score (nSPS) is 11.2. The number of carbonyl (C=O) groups is 2. The molecule has 0 rings (SSSR count). The van der Waals surface area contributed by atoms with E-state index in [-0.39, 0.29) is 31.4 Å². The van der Waals surface area contributed by atoms with E-state index in [0.29, 0.717) is 45.6 Å². The zero-order valence-corrected chi connectivity index (χ0v) is 33.0. The molecule has 0 aromatic heterocycles. The van der Waals surface area contributed by atoms with Crippen molar-refractivity contribution in [1.29, 1.82) is 0 Å². The van der Waals surface area contributed by atoms with Gasteiger partial charge in [-0.15, -0.1) is 0 Å². The molecule has 1 N–H and O–H groups in total. The van der Waals surface area contributed by atoms with Gasteiger partial charge in [0.05, 0.1) is 19.6 Å². The number of aliphatic hydroxyl groups excluding tert-OH is 1. The van der Waals surface area contributed by atoms with Crippen LogP contribution in [0.4, 0.5) is 0 Å². The third-order valence-electron chi connectivity index (χ3n) is 8.90. The minimum Gasteiger partial charge on any atom is -0.466 e. The monoisotopic (exact) mass is 710 g/mol. The second kappa shape index (κ2) is 40.1. The van der Waals surface area contributed by atoms with Crippen molar-refractivity contribution in [3.05, 3.63) is 0 Å². The second-order valence-electron chi connectivity index (χ2n) is 13.7. The summed E-state index contributed by atoms with van der Waals surface area (Å²) in [5.41, 5.74) is 0. The van der Waals surface area contributed by atoms with E-state index in [1.54, 1.807) is 0 Å². The molecule has 0 fully saturated rings. The SMILES string of the molecule is CCCC#CCOC(=O)CCCCCCCN(CCO)CCCCCCOC(=O)CCC(OCCCCCCCC)OCCCCCCCC. The average Bonchev–Trinajstić information content (AvgIpc) is 3.11. The fraction of sp³-hybridized carbons (Fsp3) is 0.905. The van der Waals surface area contributed by atoms with Crippen molar-refractivity contribution in [2.75, 3.05) is 52.7 Å². The third-order valence-corrected chi connectivity index (χ3v) is 8.90. The van der Waals surface area contributed by atoms with Gasteiger partial charge >= 0.3 is 11.9 Å². The fourth-order valence-electron chi connectivity index (χ4n) is 5.76. The molecule has 0 aromatic rings. The predicted octanol–water partition coefficient (Wildman–Crippen LogP) is 9.93. The summed E-state index contributed by atoms with van der Waals surface area (Å²) >= 11 is 0. The minimum absolute atomic E-state index is 0.153. The van der Waals surface area contributed by atoms with Gasteiger partial charge in [0.25, 0.3) is 0 Å². The van der Waals surface area contributed by atoms with Crippen LogP contribution in [0.25, 0.3) is 0 Å². The Labute approximate surface area is 308 Å². The van der Waals surface area contributed by atoms with E-state index in [9.17, 15) is 14.7 Å². The zero-order chi connectivity index (χ0) is 36.6. The summed E-state index contributed by atoms with van der Waals surface area (Å²) in [6, 6.07) is 0. The van der Waals surface area contributed by atoms with Crippen molar-refractivity contribution in [3.63, 3.8) is 0 Å². The molecule has 0 saturated carbocycles. The first kappa shape index (κ1) is 48.3. The van der Waals surface area contributed by atoms with E-state index >= 15 is 0 Å². The number of nitrogens with zero attached hydrogens (tertiary/aromatic N) is 1. The molecule has 0 atom stereocenters. The van der Waals surface area contributed by atoms with Gasteiger partial charge in [-0.25, -0.2) is 0 Å². The molecule has 0 aliphatic heterocycles. The molecule has 0 bridgehead atoms. The van der Waals surface area contributed by atoms with Gasteiger partial charge in [0.1, 0.15) is 0 Å². The largest absolute Gasteiger partial charge is 0.466 e. The average molecular weight is 710 g/mol. The van der Waals surface area contributed by atoms with Crippen molar-refractivity contribution >= 4 is 11.9 Å². The highest BCUT2D eigenvalue weighted by atomic mass is 16.7. The lowest BCUT2D eigenvalue weighted by atomic mass is 10.1. The number of rotatable bonds is 38. The number of aliphatic hydroxyl groups is 1. The van der Waals surface area contributed by atoms with Crippen LogP contribution in [0.15, 0.2) is 0 Å². The number of hydrogen-bond acceptors (Lipinski definition) is 8. The van der Waals surface area contributed by atoms with Crippen LogP contribution in [0.2, 0.25) is 0 Å². The quantitative estimate of drug-likeness (QED) is 0.0293. The number of ether oxygens (including phenoxy) is 4. The van der Waals surface area contributed by atoms with E-state index in [4.69, 9.17) is 18.9 Å². The van der Waals surface area contributed by atoms with Gasteiger partial charge in [0, 0.05) is 39.0 Å². The molecule has 8 nitrogen and oxygen atoms in total. The van der Waals surface area contributed by atoms with Crippen LogP contribution in [0.5, 0.6) is 0 Å². The van der Waals surface area contributed by atoms with Crippen LogP contribution in [0.1, 0.15) is 188 Å². The van der Waals surface area contributed by atoms with Gasteiger partial charge < -0.3 is 29.0 Å². The van der Waals surface area contributed by atoms with E-state index in [1.165, 1.54) is 64.2 Å². The Kier molecular flexibility index (Phi) is 38.8. The van der Waals surface area contributed by atoms with Crippen LogP contribution in [-0.4, -0.2) is 80.9 Å². The van der Waals surface area contributed by atoms with Gasteiger partial charge in [0.2, 0.25) is 0 Å². The lowest BCUT2D eigenvalue weighted by Gasteiger charge is -2.21. The van der Waals surface area contributed by atoms with Crippen molar-refractivity contribution in [2.24, 2.45) is 0 Å². The Hall–Kier alpha value is -1.66. The summed E-state index contributed by atoms with van der Waals surface area (Å²) in [6.07, 6.45) is 26.8. The van der Waals surface area contributed by atoms with Gasteiger partial charge in [-0.2, -0.15) is 0 Å². The van der Waals surface area contributed by atoms with Gasteiger partial charge in [-0.3, -0.25) is 9.59 Å². The second-order valence-corrected chi connectivity index (χ2v) is 13.7. The molecule has 8 heteroatoms. The minimum atomic E-state index is -0.327. The lowest BCUT2D eigenvalue weighted by molar-refractivity contribution is -0.159. The smallest absolute Gasteiger partial charge is 0.306 e. The maximum atomic E-state index is 12.4. The maximum Gasteiger partial charge on any atom is 0.306 e. The van der Waals surface area contributed by atoms with Crippen LogP contribution in [0.3, 0.4) is 0 Å². The van der Waals surface area contributed by atoms with Crippen molar-refractivity contribution in [3.8, 4) is 11.8 Å². The first-order chi connectivity index (χ1) is 24.6. The molecule has 0 spiro atoms. The van der Waals surface area contributed by atoms with E-state index < -0.39 is 0 Å². The Morgan fingerprint density at radius 3 is 1.60 bits per heavy atom. The maximum absolute atomic E-state index is 12.4. The summed E-state index contributed by atoms with van der Waals surface area (Å²) in [7, 11) is 0. The standard InChI is InChI=1S/C42H79NO7/c1-4-7-10-13-19-27-38-49-42(50-39-28-20-14-11-8-5-2)31-30-41(46)48-37-26-21-18-24-33-43(34-35-44)32-23-17-15-16-22-29-40(45)47-36-25-12-9-6-3/h42,44H,4-11,13-24,26-39H2,1-3H3. The van der Waals surface area contributed by atoms with Crippen molar-refractivity contribution in [1.82, 2.24) is 4.90 Å². The molecule has 0 aliphatic carbocycles. The molecule has 0 unspecified atom stereocenters. The van der Waals surface area contributed by atoms with Gasteiger partial charge in [0.15, 0.2) is 12.9 Å². The Balaban J connectivity index is 4.02. The molecular formula is C42H79NO7. The third kappa shape index (κ3) is 36.1. The van der Waals surface area contributed by atoms with E-state index in [2.05, 4.69) is 37.5 Å². The molecular weight excluding hydrogens is 630 g/mol. The summed E-state index contributed by atoms with van der Waals surface area (Å²) in [4.78, 5) is 26.6. The Morgan fingerprint density at radius 2 is 1.04 bits per heavy atom.